The molecule has 7 bridgehead atoms. The first-order valence-corrected chi connectivity index (χ1v) is 10.5. The van der Waals surface area contributed by atoms with Crippen LogP contribution in [0.4, 0.5) is 0 Å². The van der Waals surface area contributed by atoms with Crippen LogP contribution in [0.2, 0.25) is 0 Å². The molecule has 0 radical (unpaired) electrons. The second-order valence-electron chi connectivity index (χ2n) is 8.28. The van der Waals surface area contributed by atoms with Crippen LogP contribution < -0.4 is 5.30 Å². The summed E-state index contributed by atoms with van der Waals surface area (Å²) >= 11 is 0. The molecule has 0 amide bonds. The van der Waals surface area contributed by atoms with Crippen molar-refractivity contribution in [3.8, 4) is 5.75 Å². The van der Waals surface area contributed by atoms with E-state index in [1.807, 2.05) is 12.1 Å². The van der Waals surface area contributed by atoms with Crippen LogP contribution in [0, 0.1) is 5.92 Å². The van der Waals surface area contributed by atoms with Crippen LogP contribution in [0.15, 0.2) is 54.0 Å². The third-order valence-corrected chi connectivity index (χ3v) is 12.5. The van der Waals surface area contributed by atoms with E-state index in [1.54, 1.807) is 13.2 Å². The zero-order chi connectivity index (χ0) is 17.4. The molecule has 5 heterocycles. The van der Waals surface area contributed by atoms with Crippen molar-refractivity contribution in [3.05, 3.63) is 59.5 Å². The third kappa shape index (κ3) is 0.965. The van der Waals surface area contributed by atoms with Crippen molar-refractivity contribution in [1.29, 1.82) is 0 Å². The van der Waals surface area contributed by atoms with Gasteiger partial charge in [0.1, 0.15) is 12.9 Å². The summed E-state index contributed by atoms with van der Waals surface area (Å²) in [6, 6.07) is 5.71. The monoisotopic (exact) mass is 350 g/mol. The Morgan fingerprint density at radius 1 is 1.28 bits per heavy atom. The number of rotatable bonds is 1. The summed E-state index contributed by atoms with van der Waals surface area (Å²) in [4.78, 5) is 0. The van der Waals surface area contributed by atoms with Gasteiger partial charge in [-0.05, 0) is 42.9 Å². The molecule has 6 atom stereocenters. The van der Waals surface area contributed by atoms with E-state index in [4.69, 9.17) is 4.74 Å². The highest BCUT2D eigenvalue weighted by atomic mass is 31.2. The summed E-state index contributed by atoms with van der Waals surface area (Å²) in [6.45, 7) is 7.95. The molecular formula is C21H19O3P. The average molecular weight is 350 g/mol. The quantitative estimate of drug-likeness (QED) is 0.624. The molecule has 1 aromatic carbocycles. The minimum absolute atomic E-state index is 0.0994. The Kier molecular flexibility index (Phi) is 2.12. The Bertz CT molecular complexity index is 1060. The standard InChI is InChI=1S/C21H19O3P/c1-4-16-19-9-12-10-20(16)17(5-2)21(11-19,18(12)24-3)25(20,23)15-8-13(19)6-7-14(15)22/h6-8,12,18,22H,1-2,9-11H2,3H3. The van der Waals surface area contributed by atoms with Gasteiger partial charge in [-0.15, -0.1) is 11.5 Å². The van der Waals surface area contributed by atoms with E-state index in [0.29, 0.717) is 11.2 Å². The van der Waals surface area contributed by atoms with Crippen molar-refractivity contribution in [1.82, 2.24) is 0 Å². The molecule has 25 heavy (non-hydrogen) atoms. The van der Waals surface area contributed by atoms with E-state index < -0.39 is 17.5 Å². The molecule has 4 aliphatic carbocycles. The van der Waals surface area contributed by atoms with Gasteiger partial charge in [-0.2, -0.15) is 0 Å². The van der Waals surface area contributed by atoms with E-state index in [9.17, 15) is 9.67 Å². The van der Waals surface area contributed by atoms with Gasteiger partial charge in [0.25, 0.3) is 0 Å². The highest BCUT2D eigenvalue weighted by molar-refractivity contribution is 7.78. The SMILES string of the molecule is C=C=C1C23CC4CC15C(=C=C)C(C2)(C4OC)P5(=O)c1cc3ccc1O. The molecule has 4 heteroatoms. The molecule has 4 saturated carbocycles. The Hall–Kier alpha value is -1.75. The number of aromatic hydroxyl groups is 1. The molecule has 3 saturated heterocycles. The number of hydrogen-bond donors (Lipinski definition) is 1. The number of benzene rings is 1. The maximum atomic E-state index is 14.8. The Labute approximate surface area is 146 Å². The van der Waals surface area contributed by atoms with Gasteiger partial charge in [-0.1, -0.05) is 19.2 Å². The number of hydrogen-bond acceptors (Lipinski definition) is 3. The maximum absolute atomic E-state index is 14.8. The van der Waals surface area contributed by atoms with Gasteiger partial charge >= 0.3 is 0 Å². The summed E-state index contributed by atoms with van der Waals surface area (Å²) in [6.07, 6.45) is 2.37. The fraction of sp³-hybridized carbons (Fsp3) is 0.429. The van der Waals surface area contributed by atoms with Crippen molar-refractivity contribution in [2.24, 2.45) is 5.92 Å². The molecule has 3 nitrogen and oxygen atoms in total. The van der Waals surface area contributed by atoms with E-state index >= 15 is 0 Å². The molecule has 1 N–H and O–H groups in total. The van der Waals surface area contributed by atoms with Gasteiger partial charge in [0.2, 0.25) is 0 Å². The van der Waals surface area contributed by atoms with Crippen LogP contribution in [0.5, 0.6) is 5.75 Å². The van der Waals surface area contributed by atoms with E-state index in [1.165, 1.54) is 0 Å². The summed E-state index contributed by atoms with van der Waals surface area (Å²) < 4.78 is 20.8. The first kappa shape index (κ1) is 14.4. The van der Waals surface area contributed by atoms with Crippen molar-refractivity contribution in [2.45, 2.75) is 41.1 Å². The highest BCUT2D eigenvalue weighted by Gasteiger charge is 2.92. The molecule has 6 unspecified atom stereocenters. The fourth-order valence-electron chi connectivity index (χ4n) is 7.68. The van der Waals surface area contributed by atoms with Crippen LogP contribution >= 0.6 is 7.14 Å². The lowest BCUT2D eigenvalue weighted by atomic mass is 9.42. The van der Waals surface area contributed by atoms with Gasteiger partial charge in [0, 0.05) is 23.7 Å². The molecule has 5 aliphatic heterocycles. The molecule has 3 spiro atoms. The van der Waals surface area contributed by atoms with Crippen LogP contribution in [0.1, 0.15) is 24.8 Å². The number of allylic oxidation sites excluding steroid dienone is 1. The molecule has 1 aromatic rings. The summed E-state index contributed by atoms with van der Waals surface area (Å²) in [5.41, 5.74) is 9.43. The number of phenolic OH excluding ortho intramolecular Hbond substituents is 1. The van der Waals surface area contributed by atoms with Crippen LogP contribution in [0.25, 0.3) is 0 Å². The molecule has 126 valence electrons. The first-order valence-electron chi connectivity index (χ1n) is 8.77. The number of ether oxygens (including phenoxy) is 1. The van der Waals surface area contributed by atoms with Gasteiger partial charge in [0.05, 0.1) is 21.7 Å². The number of methoxy groups -OCH3 is 1. The molecule has 0 aromatic heterocycles. The predicted octanol–water partition coefficient (Wildman–Crippen LogP) is 3.39. The minimum Gasteiger partial charge on any atom is -0.507 e. The van der Waals surface area contributed by atoms with Crippen molar-refractivity contribution in [3.63, 3.8) is 0 Å². The van der Waals surface area contributed by atoms with Gasteiger partial charge in [0.15, 0.2) is 0 Å². The Balaban J connectivity index is 1.89. The second-order valence-corrected chi connectivity index (χ2v) is 11.5. The van der Waals surface area contributed by atoms with Gasteiger partial charge in [-0.25, -0.2) is 0 Å². The van der Waals surface area contributed by atoms with Crippen LogP contribution in [0.3, 0.4) is 0 Å². The minimum atomic E-state index is -3.01. The highest BCUT2D eigenvalue weighted by Crippen LogP contribution is 2.97. The largest absolute Gasteiger partial charge is 0.507 e. The van der Waals surface area contributed by atoms with Crippen LogP contribution in [-0.2, 0) is 14.7 Å². The Morgan fingerprint density at radius 2 is 2.04 bits per heavy atom. The van der Waals surface area contributed by atoms with Crippen molar-refractivity contribution >= 4 is 12.4 Å². The fourth-order valence-corrected chi connectivity index (χ4v) is 13.2. The lowest BCUT2D eigenvalue weighted by molar-refractivity contribution is -0.0720. The number of phenols is 1. The lowest BCUT2D eigenvalue weighted by Gasteiger charge is -2.80. The summed E-state index contributed by atoms with van der Waals surface area (Å²) in [7, 11) is -1.28. The van der Waals surface area contributed by atoms with E-state index in [2.05, 4.69) is 24.6 Å². The lowest BCUT2D eigenvalue weighted by Crippen LogP contribution is -2.81. The van der Waals surface area contributed by atoms with Gasteiger partial charge in [-0.3, -0.25) is 0 Å². The smallest absolute Gasteiger partial charge is 0.147 e. The summed E-state index contributed by atoms with van der Waals surface area (Å²) in [5.74, 6) is 0.492. The Morgan fingerprint density at radius 3 is 2.72 bits per heavy atom. The van der Waals surface area contributed by atoms with E-state index in [-0.39, 0.29) is 17.3 Å². The zero-order valence-corrected chi connectivity index (χ0v) is 15.0. The predicted molar refractivity (Wildman–Crippen MR) is 95.9 cm³/mol. The third-order valence-electron chi connectivity index (χ3n) is 7.95. The second kappa shape index (κ2) is 3.68. The molecule has 10 rings (SSSR count). The topological polar surface area (TPSA) is 46.5 Å². The maximum Gasteiger partial charge on any atom is 0.147 e. The normalized spacial score (nSPS) is 49.5. The molecular weight excluding hydrogens is 331 g/mol. The van der Waals surface area contributed by atoms with Gasteiger partial charge < -0.3 is 14.4 Å². The molecule has 9 aliphatic rings. The van der Waals surface area contributed by atoms with Crippen molar-refractivity contribution in [2.75, 3.05) is 7.11 Å². The van der Waals surface area contributed by atoms with Crippen LogP contribution in [-0.4, -0.2) is 28.6 Å². The van der Waals surface area contributed by atoms with E-state index in [0.717, 1.165) is 36.0 Å². The zero-order valence-electron chi connectivity index (χ0n) is 14.1. The molecule has 7 fully saturated rings. The summed E-state index contributed by atoms with van der Waals surface area (Å²) in [5, 5.41) is 10.1. The first-order chi connectivity index (χ1) is 12.0. The average Bonchev–Trinajstić information content (AvgIpc) is 2.67. The van der Waals surface area contributed by atoms with Crippen molar-refractivity contribution < 1.29 is 14.4 Å².